The Morgan fingerprint density at radius 2 is 1.68 bits per heavy atom. The summed E-state index contributed by atoms with van der Waals surface area (Å²) in [4.78, 5) is 13.8. The normalized spacial score (nSPS) is 11.1. The van der Waals surface area contributed by atoms with Gasteiger partial charge in [-0.1, -0.05) is 35.5 Å². The van der Waals surface area contributed by atoms with E-state index in [-0.39, 0.29) is 0 Å². The van der Waals surface area contributed by atoms with E-state index in [1.54, 1.807) is 0 Å². The zero-order valence-corrected chi connectivity index (χ0v) is 15.0. The van der Waals surface area contributed by atoms with Crippen LogP contribution in [0.5, 0.6) is 0 Å². The Morgan fingerprint density at radius 1 is 0.960 bits per heavy atom. The quantitative estimate of drug-likeness (QED) is 0.531. The fraction of sp³-hybridized carbons (Fsp3) is 0.111. The molecule has 0 aliphatic rings. The number of fused-ring (bicyclic) bond motifs is 1. The van der Waals surface area contributed by atoms with Crippen molar-refractivity contribution in [1.29, 1.82) is 0 Å². The summed E-state index contributed by atoms with van der Waals surface area (Å²) in [5, 5.41) is 8.61. The molecule has 25 heavy (non-hydrogen) atoms. The van der Waals surface area contributed by atoms with Crippen LogP contribution in [0.4, 0.5) is 0 Å². The lowest BCUT2D eigenvalue weighted by Crippen LogP contribution is -1.97. The SMILES string of the molecule is Cc1nc2ccccc2nc1CSc1n[nH]c(-c2ccc(Cl)cc2)n1. The molecule has 0 atom stereocenters. The first-order valence-corrected chi connectivity index (χ1v) is 9.09. The second-order valence-corrected chi connectivity index (χ2v) is 6.89. The second kappa shape index (κ2) is 6.82. The summed E-state index contributed by atoms with van der Waals surface area (Å²) >= 11 is 7.45. The third-order valence-corrected chi connectivity index (χ3v) is 4.87. The summed E-state index contributed by atoms with van der Waals surface area (Å²) in [5.74, 6) is 1.39. The minimum absolute atomic E-state index is 0.668. The number of aromatic amines is 1. The number of aromatic nitrogens is 5. The molecule has 4 aromatic rings. The van der Waals surface area contributed by atoms with Crippen LogP contribution in [0.3, 0.4) is 0 Å². The summed E-state index contributed by atoms with van der Waals surface area (Å²) in [7, 11) is 0. The molecule has 0 bridgehead atoms. The maximum atomic E-state index is 5.91. The van der Waals surface area contributed by atoms with Gasteiger partial charge in [0.2, 0.25) is 5.16 Å². The highest BCUT2D eigenvalue weighted by Crippen LogP contribution is 2.24. The fourth-order valence-electron chi connectivity index (χ4n) is 2.44. The molecule has 0 spiro atoms. The van der Waals surface area contributed by atoms with Crippen LogP contribution in [0.25, 0.3) is 22.4 Å². The maximum absolute atomic E-state index is 5.91. The highest BCUT2D eigenvalue weighted by Gasteiger charge is 2.10. The smallest absolute Gasteiger partial charge is 0.209 e. The van der Waals surface area contributed by atoms with E-state index in [4.69, 9.17) is 16.6 Å². The van der Waals surface area contributed by atoms with E-state index in [0.717, 1.165) is 33.8 Å². The number of nitrogens with zero attached hydrogens (tertiary/aromatic N) is 4. The van der Waals surface area contributed by atoms with Crippen molar-refractivity contribution in [3.8, 4) is 11.4 Å². The number of halogens is 1. The van der Waals surface area contributed by atoms with Crippen LogP contribution in [0.15, 0.2) is 53.7 Å². The van der Waals surface area contributed by atoms with Gasteiger partial charge >= 0.3 is 0 Å². The number of rotatable bonds is 4. The van der Waals surface area contributed by atoms with E-state index in [1.807, 2.05) is 55.5 Å². The number of nitrogens with one attached hydrogen (secondary N) is 1. The van der Waals surface area contributed by atoms with E-state index >= 15 is 0 Å². The van der Waals surface area contributed by atoms with Crippen LogP contribution in [0, 0.1) is 6.92 Å². The van der Waals surface area contributed by atoms with Crippen LogP contribution in [-0.4, -0.2) is 25.1 Å². The molecular weight excluding hydrogens is 354 g/mol. The Morgan fingerprint density at radius 3 is 2.44 bits per heavy atom. The van der Waals surface area contributed by atoms with Crippen molar-refractivity contribution < 1.29 is 0 Å². The predicted octanol–water partition coefficient (Wildman–Crippen LogP) is 4.67. The first-order chi connectivity index (χ1) is 12.2. The number of H-pyrrole nitrogens is 1. The van der Waals surface area contributed by atoms with Gasteiger partial charge in [-0.3, -0.25) is 5.10 Å². The third-order valence-electron chi connectivity index (χ3n) is 3.76. The van der Waals surface area contributed by atoms with E-state index in [0.29, 0.717) is 15.9 Å². The molecular formula is C18H14ClN5S. The lowest BCUT2D eigenvalue weighted by molar-refractivity contribution is 0.970. The molecule has 0 fully saturated rings. The van der Waals surface area contributed by atoms with Gasteiger partial charge < -0.3 is 0 Å². The zero-order valence-electron chi connectivity index (χ0n) is 13.4. The Labute approximate surface area is 153 Å². The summed E-state index contributed by atoms with van der Waals surface area (Å²) in [6.07, 6.45) is 0. The zero-order chi connectivity index (χ0) is 17.2. The summed E-state index contributed by atoms with van der Waals surface area (Å²) < 4.78 is 0. The van der Waals surface area contributed by atoms with Crippen LogP contribution >= 0.6 is 23.4 Å². The van der Waals surface area contributed by atoms with Gasteiger partial charge in [0.05, 0.1) is 22.4 Å². The van der Waals surface area contributed by atoms with Crippen LogP contribution < -0.4 is 0 Å². The van der Waals surface area contributed by atoms with Gasteiger partial charge in [0, 0.05) is 16.3 Å². The number of hydrogen-bond acceptors (Lipinski definition) is 5. The monoisotopic (exact) mass is 367 g/mol. The lowest BCUT2D eigenvalue weighted by atomic mass is 10.2. The molecule has 2 heterocycles. The molecule has 0 saturated heterocycles. The van der Waals surface area contributed by atoms with Crippen molar-refractivity contribution in [1.82, 2.24) is 25.1 Å². The van der Waals surface area contributed by atoms with Crippen LogP contribution in [0.2, 0.25) is 5.02 Å². The predicted molar refractivity (Wildman–Crippen MR) is 101 cm³/mol. The highest BCUT2D eigenvalue weighted by molar-refractivity contribution is 7.98. The minimum Gasteiger partial charge on any atom is -0.258 e. The van der Waals surface area contributed by atoms with Crippen LogP contribution in [0.1, 0.15) is 11.4 Å². The fourth-order valence-corrected chi connectivity index (χ4v) is 3.37. The molecule has 0 saturated carbocycles. The Bertz CT molecular complexity index is 1030. The topological polar surface area (TPSA) is 67.3 Å². The molecule has 7 heteroatoms. The lowest BCUT2D eigenvalue weighted by Gasteiger charge is -2.04. The average Bonchev–Trinajstić information content (AvgIpc) is 3.09. The van der Waals surface area contributed by atoms with Gasteiger partial charge in [-0.15, -0.1) is 5.10 Å². The van der Waals surface area contributed by atoms with E-state index in [1.165, 1.54) is 11.8 Å². The molecule has 2 aromatic heterocycles. The number of hydrogen-bond donors (Lipinski definition) is 1. The standard InChI is InChI=1S/C18H14ClN5S/c1-11-16(21-15-5-3-2-4-14(15)20-11)10-25-18-22-17(23-24-18)12-6-8-13(19)9-7-12/h2-9H,10H2,1H3,(H,22,23,24). The summed E-state index contributed by atoms with van der Waals surface area (Å²) in [5.41, 5.74) is 4.64. The molecule has 0 aliphatic carbocycles. The van der Waals surface area contributed by atoms with Crippen molar-refractivity contribution in [2.45, 2.75) is 17.8 Å². The van der Waals surface area contributed by atoms with Crippen molar-refractivity contribution in [3.63, 3.8) is 0 Å². The molecule has 124 valence electrons. The molecule has 0 amide bonds. The molecule has 0 radical (unpaired) electrons. The highest BCUT2D eigenvalue weighted by atomic mass is 35.5. The molecule has 4 rings (SSSR count). The average molecular weight is 368 g/mol. The van der Waals surface area contributed by atoms with Crippen molar-refractivity contribution >= 4 is 34.4 Å². The van der Waals surface area contributed by atoms with Gasteiger partial charge in [-0.25, -0.2) is 15.0 Å². The number of thioether (sulfide) groups is 1. The van der Waals surface area contributed by atoms with Crippen molar-refractivity contribution in [3.05, 3.63) is 64.9 Å². The van der Waals surface area contributed by atoms with Crippen LogP contribution in [-0.2, 0) is 5.75 Å². The van der Waals surface area contributed by atoms with E-state index < -0.39 is 0 Å². The second-order valence-electron chi connectivity index (χ2n) is 5.51. The number of para-hydroxylation sites is 2. The van der Waals surface area contributed by atoms with E-state index in [2.05, 4.69) is 20.2 Å². The van der Waals surface area contributed by atoms with Gasteiger partial charge in [-0.05, 0) is 43.3 Å². The Balaban J connectivity index is 1.52. The number of aryl methyl sites for hydroxylation is 1. The first kappa shape index (κ1) is 16.1. The van der Waals surface area contributed by atoms with Gasteiger partial charge in [-0.2, -0.15) is 0 Å². The summed E-state index contributed by atoms with van der Waals surface area (Å²) in [6.45, 7) is 1.98. The molecule has 0 unspecified atom stereocenters. The molecule has 0 aliphatic heterocycles. The maximum Gasteiger partial charge on any atom is 0.209 e. The van der Waals surface area contributed by atoms with Gasteiger partial charge in [0.1, 0.15) is 0 Å². The van der Waals surface area contributed by atoms with Crippen molar-refractivity contribution in [2.24, 2.45) is 0 Å². The number of benzene rings is 2. The summed E-state index contributed by atoms with van der Waals surface area (Å²) in [6, 6.07) is 15.4. The van der Waals surface area contributed by atoms with Gasteiger partial charge in [0.25, 0.3) is 0 Å². The Hall–Kier alpha value is -2.44. The molecule has 2 aromatic carbocycles. The first-order valence-electron chi connectivity index (χ1n) is 7.72. The largest absolute Gasteiger partial charge is 0.258 e. The molecule has 5 nitrogen and oxygen atoms in total. The Kier molecular flexibility index (Phi) is 4.38. The minimum atomic E-state index is 0.668. The van der Waals surface area contributed by atoms with E-state index in [9.17, 15) is 0 Å². The molecule has 1 N–H and O–H groups in total. The van der Waals surface area contributed by atoms with Gasteiger partial charge in [0.15, 0.2) is 5.82 Å². The van der Waals surface area contributed by atoms with Crippen molar-refractivity contribution in [2.75, 3.05) is 0 Å². The third kappa shape index (κ3) is 3.50.